The van der Waals surface area contributed by atoms with Crippen LogP contribution in [0.25, 0.3) is 21.9 Å². The molecule has 4 aromatic carbocycles. The Bertz CT molecular complexity index is 1310. The molecule has 1 aliphatic rings. The average molecular weight is 406 g/mol. The molecule has 0 aliphatic heterocycles. The summed E-state index contributed by atoms with van der Waals surface area (Å²) in [5.74, 6) is 0. The van der Waals surface area contributed by atoms with E-state index in [1.54, 1.807) is 0 Å². The Balaban J connectivity index is 0.000000166. The number of benzene rings is 4. The Morgan fingerprint density at radius 1 is 0.839 bits per heavy atom. The standard InChI is InChI=1S/C18H19N.C11H8O/c1-11-5-7-14-15-8-6-13(12(2)19)10-17(15)18(3,4)16(14)9-11;12-8-10-6-3-5-9-4-1-2-7-11(9)10/h5-10,19H,1-4H3;1-8H. The lowest BCUT2D eigenvalue weighted by Gasteiger charge is -2.22. The number of hydrogen-bond acceptors (Lipinski definition) is 2. The van der Waals surface area contributed by atoms with Crippen LogP contribution in [0.1, 0.15) is 53.4 Å². The van der Waals surface area contributed by atoms with E-state index in [1.165, 1.54) is 27.8 Å². The monoisotopic (exact) mass is 405 g/mol. The van der Waals surface area contributed by atoms with Crippen LogP contribution in [0.3, 0.4) is 0 Å². The fourth-order valence-electron chi connectivity index (χ4n) is 4.44. The van der Waals surface area contributed by atoms with E-state index in [0.717, 1.165) is 28.2 Å². The Labute approximate surface area is 184 Å². The predicted molar refractivity (Wildman–Crippen MR) is 131 cm³/mol. The zero-order valence-corrected chi connectivity index (χ0v) is 18.5. The summed E-state index contributed by atoms with van der Waals surface area (Å²) in [4.78, 5) is 10.6. The topological polar surface area (TPSA) is 40.9 Å². The third kappa shape index (κ3) is 3.70. The minimum atomic E-state index is 0.0299. The molecular formula is C29H27NO. The predicted octanol–water partition coefficient (Wildman–Crippen LogP) is 7.34. The van der Waals surface area contributed by atoms with Gasteiger partial charge in [0.2, 0.25) is 0 Å². The van der Waals surface area contributed by atoms with Gasteiger partial charge in [-0.1, -0.05) is 92.2 Å². The molecule has 0 heterocycles. The molecule has 0 fully saturated rings. The van der Waals surface area contributed by atoms with Crippen LogP contribution in [0, 0.1) is 12.3 Å². The molecule has 0 saturated carbocycles. The summed E-state index contributed by atoms with van der Waals surface area (Å²) in [6.45, 7) is 8.55. The van der Waals surface area contributed by atoms with Crippen LogP contribution in [0.4, 0.5) is 0 Å². The number of aryl methyl sites for hydroxylation is 1. The maximum absolute atomic E-state index is 10.6. The van der Waals surface area contributed by atoms with Crippen LogP contribution in [-0.4, -0.2) is 12.0 Å². The van der Waals surface area contributed by atoms with E-state index in [0.29, 0.717) is 5.71 Å². The summed E-state index contributed by atoms with van der Waals surface area (Å²) >= 11 is 0. The van der Waals surface area contributed by atoms with Crippen LogP contribution < -0.4 is 0 Å². The van der Waals surface area contributed by atoms with Gasteiger partial charge in [0.05, 0.1) is 0 Å². The number of carbonyl (C=O) groups excluding carboxylic acids is 1. The smallest absolute Gasteiger partial charge is 0.150 e. The maximum atomic E-state index is 10.6. The maximum Gasteiger partial charge on any atom is 0.150 e. The van der Waals surface area contributed by atoms with Gasteiger partial charge in [0.1, 0.15) is 0 Å². The van der Waals surface area contributed by atoms with Crippen molar-refractivity contribution in [2.75, 3.05) is 0 Å². The van der Waals surface area contributed by atoms with Gasteiger partial charge in [-0.15, -0.1) is 0 Å². The van der Waals surface area contributed by atoms with Crippen LogP contribution in [-0.2, 0) is 5.41 Å². The molecule has 0 saturated heterocycles. The number of fused-ring (bicyclic) bond motifs is 4. The molecule has 2 nitrogen and oxygen atoms in total. The first-order valence-electron chi connectivity index (χ1n) is 10.6. The minimum Gasteiger partial charge on any atom is -0.305 e. The van der Waals surface area contributed by atoms with Gasteiger partial charge in [0, 0.05) is 16.7 Å². The summed E-state index contributed by atoms with van der Waals surface area (Å²) in [5.41, 5.74) is 9.17. The molecule has 0 aromatic heterocycles. The second kappa shape index (κ2) is 7.96. The molecule has 0 atom stereocenters. The molecule has 2 heteroatoms. The SMILES string of the molecule is CC(=N)c1ccc2c(c1)C(C)(C)c1cc(C)ccc1-2.O=Cc1cccc2ccccc12. The van der Waals surface area contributed by atoms with Crippen molar-refractivity contribution in [2.45, 2.75) is 33.1 Å². The summed E-state index contributed by atoms with van der Waals surface area (Å²) in [5, 5.41) is 9.96. The normalized spacial score (nSPS) is 13.0. The van der Waals surface area contributed by atoms with E-state index in [4.69, 9.17) is 5.41 Å². The zero-order chi connectivity index (χ0) is 22.2. The molecule has 1 aliphatic carbocycles. The average Bonchev–Trinajstić information content (AvgIpc) is 3.00. The van der Waals surface area contributed by atoms with E-state index in [1.807, 2.05) is 49.4 Å². The summed E-state index contributed by atoms with van der Waals surface area (Å²) in [6, 6.07) is 26.7. The molecule has 4 aromatic rings. The highest BCUT2D eigenvalue weighted by atomic mass is 16.1. The lowest BCUT2D eigenvalue weighted by atomic mass is 9.81. The molecular weight excluding hydrogens is 378 g/mol. The van der Waals surface area contributed by atoms with Crippen molar-refractivity contribution in [3.63, 3.8) is 0 Å². The third-order valence-corrected chi connectivity index (χ3v) is 6.21. The summed E-state index contributed by atoms with van der Waals surface area (Å²) < 4.78 is 0. The third-order valence-electron chi connectivity index (χ3n) is 6.21. The molecule has 5 rings (SSSR count). The van der Waals surface area contributed by atoms with E-state index < -0.39 is 0 Å². The fourth-order valence-corrected chi connectivity index (χ4v) is 4.44. The van der Waals surface area contributed by atoms with Crippen molar-refractivity contribution in [3.05, 3.63) is 107 Å². The highest BCUT2D eigenvalue weighted by Crippen LogP contribution is 2.49. The second-order valence-corrected chi connectivity index (χ2v) is 8.75. The van der Waals surface area contributed by atoms with E-state index in [9.17, 15) is 4.79 Å². The van der Waals surface area contributed by atoms with Crippen LogP contribution in [0.5, 0.6) is 0 Å². The van der Waals surface area contributed by atoms with Crippen LogP contribution in [0.2, 0.25) is 0 Å². The first kappa shape index (κ1) is 20.7. The van der Waals surface area contributed by atoms with Crippen molar-refractivity contribution in [2.24, 2.45) is 0 Å². The number of rotatable bonds is 2. The summed E-state index contributed by atoms with van der Waals surface area (Å²) in [6.07, 6.45) is 0.891. The fraction of sp³-hybridized carbons (Fsp3) is 0.172. The first-order valence-corrected chi connectivity index (χ1v) is 10.6. The molecule has 31 heavy (non-hydrogen) atoms. The Kier molecular flexibility index (Phi) is 5.32. The van der Waals surface area contributed by atoms with Gasteiger partial charge in [0.25, 0.3) is 0 Å². The zero-order valence-electron chi connectivity index (χ0n) is 18.5. The van der Waals surface area contributed by atoms with E-state index >= 15 is 0 Å². The lowest BCUT2D eigenvalue weighted by molar-refractivity contribution is 0.112. The quantitative estimate of drug-likeness (QED) is 0.275. The van der Waals surface area contributed by atoms with Gasteiger partial charge in [0.15, 0.2) is 6.29 Å². The van der Waals surface area contributed by atoms with E-state index in [2.05, 4.69) is 57.2 Å². The van der Waals surface area contributed by atoms with Gasteiger partial charge < -0.3 is 5.41 Å². The Hall–Kier alpha value is -3.52. The lowest BCUT2D eigenvalue weighted by Crippen LogP contribution is -2.15. The molecule has 0 unspecified atom stereocenters. The van der Waals surface area contributed by atoms with Crippen molar-refractivity contribution < 1.29 is 4.79 Å². The number of carbonyl (C=O) groups is 1. The van der Waals surface area contributed by atoms with Crippen molar-refractivity contribution in [3.8, 4) is 11.1 Å². The minimum absolute atomic E-state index is 0.0299. The summed E-state index contributed by atoms with van der Waals surface area (Å²) in [7, 11) is 0. The Morgan fingerprint density at radius 2 is 1.48 bits per heavy atom. The molecule has 0 amide bonds. The van der Waals surface area contributed by atoms with Crippen LogP contribution in [0.15, 0.2) is 78.9 Å². The first-order chi connectivity index (χ1) is 14.8. The van der Waals surface area contributed by atoms with E-state index in [-0.39, 0.29) is 5.41 Å². The highest BCUT2D eigenvalue weighted by molar-refractivity contribution is 5.98. The van der Waals surface area contributed by atoms with Gasteiger partial charge in [-0.25, -0.2) is 0 Å². The second-order valence-electron chi connectivity index (χ2n) is 8.75. The molecule has 154 valence electrons. The number of aldehydes is 1. The van der Waals surface area contributed by atoms with Gasteiger partial charge >= 0.3 is 0 Å². The highest BCUT2D eigenvalue weighted by Gasteiger charge is 2.35. The molecule has 1 N–H and O–H groups in total. The molecule has 0 radical (unpaired) electrons. The number of hydrogen-bond donors (Lipinski definition) is 1. The number of nitrogens with one attached hydrogen (secondary N) is 1. The van der Waals surface area contributed by atoms with Crippen molar-refractivity contribution in [1.29, 1.82) is 5.41 Å². The van der Waals surface area contributed by atoms with Crippen molar-refractivity contribution >= 4 is 22.8 Å². The van der Waals surface area contributed by atoms with Crippen LogP contribution >= 0.6 is 0 Å². The largest absolute Gasteiger partial charge is 0.305 e. The van der Waals surface area contributed by atoms with Crippen molar-refractivity contribution in [1.82, 2.24) is 0 Å². The van der Waals surface area contributed by atoms with Gasteiger partial charge in [-0.3, -0.25) is 4.79 Å². The Morgan fingerprint density at radius 3 is 2.19 bits per heavy atom. The molecule has 0 spiro atoms. The van der Waals surface area contributed by atoms with Gasteiger partial charge in [-0.05, 0) is 58.5 Å². The molecule has 0 bridgehead atoms. The van der Waals surface area contributed by atoms with Gasteiger partial charge in [-0.2, -0.15) is 0 Å².